The minimum absolute atomic E-state index is 0.190. The molecule has 1 heterocycles. The lowest BCUT2D eigenvalue weighted by atomic mass is 10.1. The SMILES string of the molecule is COc1ccc(F)c2c(CO)c[nH]c12. The number of fused-ring (bicyclic) bond motifs is 1. The first kappa shape index (κ1) is 9.02. The van der Waals surface area contributed by atoms with Crippen LogP contribution in [0.5, 0.6) is 5.75 Å². The van der Waals surface area contributed by atoms with Crippen LogP contribution in [0.1, 0.15) is 5.56 Å². The summed E-state index contributed by atoms with van der Waals surface area (Å²) in [5.74, 6) is 0.215. The zero-order valence-electron chi connectivity index (χ0n) is 7.67. The summed E-state index contributed by atoms with van der Waals surface area (Å²) in [7, 11) is 1.52. The number of aliphatic hydroxyl groups is 1. The predicted octanol–water partition coefficient (Wildman–Crippen LogP) is 1.81. The van der Waals surface area contributed by atoms with Gasteiger partial charge in [0.25, 0.3) is 0 Å². The number of ether oxygens (including phenoxy) is 1. The Labute approximate surface area is 80.1 Å². The van der Waals surface area contributed by atoms with E-state index >= 15 is 0 Å². The van der Waals surface area contributed by atoms with Crippen molar-refractivity contribution in [1.82, 2.24) is 4.98 Å². The van der Waals surface area contributed by atoms with Crippen LogP contribution in [0, 0.1) is 5.82 Å². The monoisotopic (exact) mass is 195 g/mol. The van der Waals surface area contributed by atoms with Crippen LogP contribution in [0.15, 0.2) is 18.3 Å². The van der Waals surface area contributed by atoms with E-state index in [1.165, 1.54) is 13.2 Å². The van der Waals surface area contributed by atoms with Crippen molar-refractivity contribution in [2.45, 2.75) is 6.61 Å². The van der Waals surface area contributed by atoms with Crippen molar-refractivity contribution in [1.29, 1.82) is 0 Å². The molecule has 0 aliphatic heterocycles. The number of aliphatic hydroxyl groups excluding tert-OH is 1. The Balaban J connectivity index is 2.80. The smallest absolute Gasteiger partial charge is 0.143 e. The molecule has 2 aromatic rings. The van der Waals surface area contributed by atoms with E-state index < -0.39 is 0 Å². The summed E-state index contributed by atoms with van der Waals surface area (Å²) in [6.45, 7) is -0.190. The maximum absolute atomic E-state index is 13.4. The molecule has 74 valence electrons. The first-order valence-corrected chi connectivity index (χ1v) is 4.21. The molecule has 0 aliphatic rings. The van der Waals surface area contributed by atoms with E-state index in [9.17, 15) is 4.39 Å². The summed E-state index contributed by atoms with van der Waals surface area (Å²) in [5, 5.41) is 9.38. The van der Waals surface area contributed by atoms with E-state index in [1.807, 2.05) is 0 Å². The van der Waals surface area contributed by atoms with Gasteiger partial charge in [-0.2, -0.15) is 0 Å². The minimum atomic E-state index is -0.355. The maximum atomic E-state index is 13.4. The summed E-state index contributed by atoms with van der Waals surface area (Å²) >= 11 is 0. The summed E-state index contributed by atoms with van der Waals surface area (Å²) in [6.07, 6.45) is 1.58. The van der Waals surface area contributed by atoms with Crippen molar-refractivity contribution in [2.75, 3.05) is 7.11 Å². The number of aromatic amines is 1. The van der Waals surface area contributed by atoms with Gasteiger partial charge < -0.3 is 14.8 Å². The molecule has 2 N–H and O–H groups in total. The Bertz CT molecular complexity index is 464. The predicted molar refractivity (Wildman–Crippen MR) is 50.7 cm³/mol. The number of rotatable bonds is 2. The van der Waals surface area contributed by atoms with Crippen LogP contribution in [0.2, 0.25) is 0 Å². The number of hydrogen-bond donors (Lipinski definition) is 2. The Kier molecular flexibility index (Phi) is 2.13. The van der Waals surface area contributed by atoms with Gasteiger partial charge in [-0.05, 0) is 12.1 Å². The zero-order chi connectivity index (χ0) is 10.1. The molecule has 0 saturated carbocycles. The van der Waals surface area contributed by atoms with Gasteiger partial charge in [0.1, 0.15) is 11.6 Å². The van der Waals surface area contributed by atoms with E-state index in [2.05, 4.69) is 4.98 Å². The Morgan fingerprint density at radius 2 is 2.29 bits per heavy atom. The second-order valence-electron chi connectivity index (χ2n) is 2.97. The normalized spacial score (nSPS) is 10.8. The van der Waals surface area contributed by atoms with Crippen LogP contribution in [0.4, 0.5) is 4.39 Å². The van der Waals surface area contributed by atoms with Gasteiger partial charge in [0.05, 0.1) is 19.2 Å². The van der Waals surface area contributed by atoms with Crippen molar-refractivity contribution in [2.24, 2.45) is 0 Å². The highest BCUT2D eigenvalue weighted by Crippen LogP contribution is 2.29. The maximum Gasteiger partial charge on any atom is 0.143 e. The van der Waals surface area contributed by atoms with Crippen molar-refractivity contribution < 1.29 is 14.2 Å². The molecule has 0 saturated heterocycles. The largest absolute Gasteiger partial charge is 0.495 e. The van der Waals surface area contributed by atoms with Crippen LogP contribution in [-0.2, 0) is 6.61 Å². The molecule has 2 rings (SSSR count). The number of halogens is 1. The number of hydrogen-bond acceptors (Lipinski definition) is 2. The first-order valence-electron chi connectivity index (χ1n) is 4.21. The van der Waals surface area contributed by atoms with Gasteiger partial charge >= 0.3 is 0 Å². The molecular formula is C10H10FNO2. The minimum Gasteiger partial charge on any atom is -0.495 e. The fourth-order valence-corrected chi connectivity index (χ4v) is 1.54. The average Bonchev–Trinajstić information content (AvgIpc) is 2.63. The van der Waals surface area contributed by atoms with Crippen molar-refractivity contribution in [3.05, 3.63) is 29.7 Å². The quantitative estimate of drug-likeness (QED) is 0.767. The van der Waals surface area contributed by atoms with E-state index in [-0.39, 0.29) is 12.4 Å². The molecule has 0 fully saturated rings. The summed E-state index contributed by atoms with van der Waals surface area (Å²) in [4.78, 5) is 2.87. The number of methoxy groups -OCH3 is 1. The lowest BCUT2D eigenvalue weighted by molar-refractivity contribution is 0.283. The highest BCUT2D eigenvalue weighted by Gasteiger charge is 2.11. The Morgan fingerprint density at radius 3 is 2.93 bits per heavy atom. The number of aromatic nitrogens is 1. The summed E-state index contributed by atoms with van der Waals surface area (Å²) in [6, 6.07) is 2.88. The van der Waals surface area contributed by atoms with Gasteiger partial charge in [-0.15, -0.1) is 0 Å². The van der Waals surface area contributed by atoms with E-state index in [1.54, 1.807) is 12.3 Å². The third-order valence-electron chi connectivity index (χ3n) is 2.22. The lowest BCUT2D eigenvalue weighted by Crippen LogP contribution is -1.87. The molecule has 0 bridgehead atoms. The Morgan fingerprint density at radius 1 is 1.50 bits per heavy atom. The van der Waals surface area contributed by atoms with Crippen molar-refractivity contribution in [3.8, 4) is 5.75 Å². The van der Waals surface area contributed by atoms with Gasteiger partial charge in [-0.1, -0.05) is 0 Å². The molecule has 0 spiro atoms. The summed E-state index contributed by atoms with van der Waals surface area (Å²) in [5.41, 5.74) is 1.12. The third-order valence-corrected chi connectivity index (χ3v) is 2.22. The number of H-pyrrole nitrogens is 1. The molecule has 0 atom stereocenters. The van der Waals surface area contributed by atoms with E-state index in [0.717, 1.165) is 0 Å². The molecule has 0 amide bonds. The summed E-state index contributed by atoms with van der Waals surface area (Å²) < 4.78 is 18.5. The zero-order valence-corrected chi connectivity index (χ0v) is 7.67. The molecule has 1 aromatic carbocycles. The third kappa shape index (κ3) is 1.15. The molecule has 3 nitrogen and oxygen atoms in total. The van der Waals surface area contributed by atoms with Gasteiger partial charge in [0.2, 0.25) is 0 Å². The first-order chi connectivity index (χ1) is 6.77. The molecular weight excluding hydrogens is 185 g/mol. The average molecular weight is 195 g/mol. The highest BCUT2D eigenvalue weighted by molar-refractivity contribution is 5.88. The molecule has 4 heteroatoms. The fraction of sp³-hybridized carbons (Fsp3) is 0.200. The van der Waals surface area contributed by atoms with Gasteiger partial charge in [0.15, 0.2) is 0 Å². The van der Waals surface area contributed by atoms with Crippen LogP contribution >= 0.6 is 0 Å². The fourth-order valence-electron chi connectivity index (χ4n) is 1.54. The van der Waals surface area contributed by atoms with Crippen LogP contribution < -0.4 is 4.74 Å². The van der Waals surface area contributed by atoms with Crippen LogP contribution in [0.25, 0.3) is 10.9 Å². The number of nitrogens with one attached hydrogen (secondary N) is 1. The highest BCUT2D eigenvalue weighted by atomic mass is 19.1. The van der Waals surface area contributed by atoms with Gasteiger partial charge in [-0.25, -0.2) is 4.39 Å². The standard InChI is InChI=1S/C10H10FNO2/c1-14-8-3-2-7(11)9-6(5-13)4-12-10(8)9/h2-4,12-13H,5H2,1H3. The lowest BCUT2D eigenvalue weighted by Gasteiger charge is -2.02. The van der Waals surface area contributed by atoms with Gasteiger partial charge in [0, 0.05) is 17.1 Å². The molecule has 0 radical (unpaired) electrons. The Hall–Kier alpha value is -1.55. The van der Waals surface area contributed by atoms with Crippen molar-refractivity contribution >= 4 is 10.9 Å². The van der Waals surface area contributed by atoms with Gasteiger partial charge in [-0.3, -0.25) is 0 Å². The molecule has 0 unspecified atom stereocenters. The van der Waals surface area contributed by atoms with Crippen molar-refractivity contribution in [3.63, 3.8) is 0 Å². The van der Waals surface area contributed by atoms with Crippen LogP contribution in [0.3, 0.4) is 0 Å². The number of benzene rings is 1. The van der Waals surface area contributed by atoms with E-state index in [4.69, 9.17) is 9.84 Å². The topological polar surface area (TPSA) is 45.2 Å². The molecule has 14 heavy (non-hydrogen) atoms. The molecule has 0 aliphatic carbocycles. The second-order valence-corrected chi connectivity index (χ2v) is 2.97. The van der Waals surface area contributed by atoms with Crippen LogP contribution in [-0.4, -0.2) is 17.2 Å². The second kappa shape index (κ2) is 3.31. The van der Waals surface area contributed by atoms with E-state index in [0.29, 0.717) is 22.2 Å². The molecule has 1 aromatic heterocycles.